The van der Waals surface area contributed by atoms with Gasteiger partial charge in [-0.15, -0.1) is 0 Å². The van der Waals surface area contributed by atoms with E-state index in [1.165, 1.54) is 18.2 Å². The van der Waals surface area contributed by atoms with E-state index in [1.807, 2.05) is 13.8 Å². The van der Waals surface area contributed by atoms with Crippen LogP contribution < -0.4 is 0 Å². The van der Waals surface area contributed by atoms with Gasteiger partial charge in [-0.1, -0.05) is 25.1 Å². The third-order valence-corrected chi connectivity index (χ3v) is 7.98. The maximum Gasteiger partial charge on any atom is 0.397 e. The molecule has 12 heteroatoms. The van der Waals surface area contributed by atoms with E-state index in [2.05, 4.69) is 4.18 Å². The van der Waals surface area contributed by atoms with Crippen molar-refractivity contribution < 1.29 is 38.5 Å². The second-order valence-corrected chi connectivity index (χ2v) is 11.9. The largest absolute Gasteiger partial charge is 0.397 e. The monoisotopic (exact) mass is 492 g/mol. The quantitative estimate of drug-likeness (QED) is 0.503. The molecule has 9 nitrogen and oxygen atoms in total. The van der Waals surface area contributed by atoms with Crippen molar-refractivity contribution >= 4 is 30.4 Å². The van der Waals surface area contributed by atoms with Gasteiger partial charge in [0.25, 0.3) is 10.1 Å². The van der Waals surface area contributed by atoms with Crippen LogP contribution in [0.4, 0.5) is 0 Å². The lowest BCUT2D eigenvalue weighted by Crippen LogP contribution is -2.15. The molecule has 2 N–H and O–H groups in total. The number of aryl methyl sites for hydroxylation is 2. The number of rotatable bonds is 9. The topological polar surface area (TPSA) is 152 Å². The van der Waals surface area contributed by atoms with Gasteiger partial charge in [0.2, 0.25) is 0 Å². The zero-order valence-electron chi connectivity index (χ0n) is 17.1. The summed E-state index contributed by atoms with van der Waals surface area (Å²) in [5.74, 6) is -0.710. The molecule has 0 fully saturated rings. The Hall–Kier alpha value is -1.83. The summed E-state index contributed by atoms with van der Waals surface area (Å²) in [6, 6.07) is 9.16. The molecular formula is C19H24O9S3. The van der Waals surface area contributed by atoms with E-state index in [4.69, 9.17) is 4.55 Å². The van der Waals surface area contributed by atoms with Crippen LogP contribution in [0.1, 0.15) is 35.1 Å². The van der Waals surface area contributed by atoms with Crippen molar-refractivity contribution in [2.75, 3.05) is 12.4 Å². The Labute approximate surface area is 182 Å². The summed E-state index contributed by atoms with van der Waals surface area (Å²) in [6.07, 6.45) is 0.461. The van der Waals surface area contributed by atoms with Gasteiger partial charge in [-0.3, -0.25) is 9.11 Å². The summed E-state index contributed by atoms with van der Waals surface area (Å²) in [5.41, 5.74) is 2.87. The number of hydrogen-bond donors (Lipinski definition) is 2. The van der Waals surface area contributed by atoms with Crippen LogP contribution in [0, 0.1) is 13.8 Å². The van der Waals surface area contributed by atoms with E-state index in [0.717, 1.165) is 16.7 Å². The van der Waals surface area contributed by atoms with Gasteiger partial charge in [0, 0.05) is 0 Å². The van der Waals surface area contributed by atoms with Crippen LogP contribution in [0.15, 0.2) is 46.2 Å². The standard InChI is InChI=1S/C19H24O9S3/c1-13-10-15(3)19(30(22,23)24)12-17(13)11-14(2)16-4-6-18(7-5-16)29(20,21)9-8-28-31(25,26)27/h4-7,10,12,14H,8-9,11H2,1-3H3,(H,22,23,24)(H,25,26,27)/t14-/m1/s1. The molecule has 0 aromatic heterocycles. The summed E-state index contributed by atoms with van der Waals surface area (Å²) in [6.45, 7) is 4.63. The lowest BCUT2D eigenvalue weighted by molar-refractivity contribution is 0.284. The van der Waals surface area contributed by atoms with E-state index < -0.39 is 42.7 Å². The average Bonchev–Trinajstić information content (AvgIpc) is 2.61. The third-order valence-electron chi connectivity index (χ3n) is 4.83. The molecule has 0 radical (unpaired) electrons. The Balaban J connectivity index is 2.19. The fourth-order valence-electron chi connectivity index (χ4n) is 3.19. The van der Waals surface area contributed by atoms with Gasteiger partial charge in [-0.2, -0.15) is 16.8 Å². The van der Waals surface area contributed by atoms with Crippen molar-refractivity contribution in [3.8, 4) is 0 Å². The first kappa shape index (κ1) is 25.4. The van der Waals surface area contributed by atoms with Crippen molar-refractivity contribution in [3.63, 3.8) is 0 Å². The van der Waals surface area contributed by atoms with Gasteiger partial charge in [0.05, 0.1) is 22.2 Å². The maximum atomic E-state index is 12.3. The fraction of sp³-hybridized carbons (Fsp3) is 0.368. The van der Waals surface area contributed by atoms with Gasteiger partial charge in [0.1, 0.15) is 0 Å². The molecule has 31 heavy (non-hydrogen) atoms. The minimum absolute atomic E-state index is 0.0254. The van der Waals surface area contributed by atoms with E-state index in [9.17, 15) is 29.8 Å². The molecular weight excluding hydrogens is 468 g/mol. The summed E-state index contributed by atoms with van der Waals surface area (Å²) >= 11 is 0. The van der Waals surface area contributed by atoms with Crippen LogP contribution in [0.25, 0.3) is 0 Å². The molecule has 0 aliphatic heterocycles. The first-order valence-electron chi connectivity index (χ1n) is 9.12. The van der Waals surface area contributed by atoms with Crippen molar-refractivity contribution in [1.82, 2.24) is 0 Å². The molecule has 0 saturated heterocycles. The zero-order chi connectivity index (χ0) is 23.6. The van der Waals surface area contributed by atoms with Crippen LogP contribution in [-0.2, 0) is 41.0 Å². The molecule has 0 spiro atoms. The van der Waals surface area contributed by atoms with E-state index in [-0.39, 0.29) is 15.7 Å². The van der Waals surface area contributed by atoms with Gasteiger partial charge in [0.15, 0.2) is 9.84 Å². The summed E-state index contributed by atoms with van der Waals surface area (Å²) in [4.78, 5) is -0.170. The highest BCUT2D eigenvalue weighted by Crippen LogP contribution is 2.27. The predicted molar refractivity (Wildman–Crippen MR) is 114 cm³/mol. The molecule has 0 amide bonds. The smallest absolute Gasteiger partial charge is 0.282 e. The van der Waals surface area contributed by atoms with Crippen molar-refractivity contribution in [2.45, 2.75) is 42.9 Å². The molecule has 0 aliphatic rings. The van der Waals surface area contributed by atoms with Gasteiger partial charge in [-0.25, -0.2) is 12.6 Å². The van der Waals surface area contributed by atoms with Crippen LogP contribution in [0.5, 0.6) is 0 Å². The summed E-state index contributed by atoms with van der Waals surface area (Å²) in [5, 5.41) is 0. The van der Waals surface area contributed by atoms with Crippen molar-refractivity contribution in [3.05, 3.63) is 58.7 Å². The Morgan fingerprint density at radius 3 is 2.00 bits per heavy atom. The lowest BCUT2D eigenvalue weighted by Gasteiger charge is -2.16. The van der Waals surface area contributed by atoms with Crippen LogP contribution >= 0.6 is 0 Å². The highest BCUT2D eigenvalue weighted by Gasteiger charge is 2.19. The summed E-state index contributed by atoms with van der Waals surface area (Å²) in [7, 11) is -12.9. The Morgan fingerprint density at radius 1 is 0.903 bits per heavy atom. The van der Waals surface area contributed by atoms with Gasteiger partial charge < -0.3 is 0 Å². The molecule has 172 valence electrons. The molecule has 1 atom stereocenters. The summed E-state index contributed by atoms with van der Waals surface area (Å²) < 4.78 is 90.7. The van der Waals surface area contributed by atoms with E-state index >= 15 is 0 Å². The minimum atomic E-state index is -4.71. The Kier molecular flexibility index (Phi) is 7.67. The molecule has 0 unspecified atom stereocenters. The molecule has 2 rings (SSSR count). The minimum Gasteiger partial charge on any atom is -0.282 e. The molecule has 2 aromatic carbocycles. The number of benzene rings is 2. The average molecular weight is 493 g/mol. The predicted octanol–water partition coefficient (Wildman–Crippen LogP) is 2.49. The molecule has 0 heterocycles. The first-order valence-corrected chi connectivity index (χ1v) is 13.6. The second-order valence-electron chi connectivity index (χ2n) is 7.26. The van der Waals surface area contributed by atoms with Crippen LogP contribution in [0.2, 0.25) is 0 Å². The first-order chi connectivity index (χ1) is 14.1. The molecule has 0 saturated carbocycles. The highest BCUT2D eigenvalue weighted by atomic mass is 32.3. The lowest BCUT2D eigenvalue weighted by atomic mass is 9.91. The maximum absolute atomic E-state index is 12.3. The SMILES string of the molecule is Cc1cc(C)c(S(=O)(=O)O)cc1C[C@@H](C)c1ccc(S(=O)(=O)CCOS(=O)(=O)O)cc1. The number of hydrogen-bond acceptors (Lipinski definition) is 7. The van der Waals surface area contributed by atoms with Crippen LogP contribution in [0.3, 0.4) is 0 Å². The molecule has 0 aliphatic carbocycles. The van der Waals surface area contributed by atoms with Crippen molar-refractivity contribution in [1.29, 1.82) is 0 Å². The van der Waals surface area contributed by atoms with Gasteiger partial charge in [-0.05, 0) is 66.6 Å². The number of sulfone groups is 1. The molecule has 0 bridgehead atoms. The third kappa shape index (κ3) is 7.09. The fourth-order valence-corrected chi connectivity index (χ4v) is 5.44. The van der Waals surface area contributed by atoms with E-state index in [0.29, 0.717) is 12.0 Å². The highest BCUT2D eigenvalue weighted by molar-refractivity contribution is 7.91. The Bertz CT molecular complexity index is 1260. The van der Waals surface area contributed by atoms with Crippen LogP contribution in [-0.4, -0.2) is 46.7 Å². The normalized spacial score (nSPS) is 13.8. The molecule has 2 aromatic rings. The zero-order valence-corrected chi connectivity index (χ0v) is 19.6. The Morgan fingerprint density at radius 2 is 1.48 bits per heavy atom. The van der Waals surface area contributed by atoms with Crippen molar-refractivity contribution in [2.24, 2.45) is 0 Å². The van der Waals surface area contributed by atoms with Gasteiger partial charge >= 0.3 is 10.4 Å². The van der Waals surface area contributed by atoms with E-state index in [1.54, 1.807) is 25.1 Å². The second kappa shape index (κ2) is 9.35.